The summed E-state index contributed by atoms with van der Waals surface area (Å²) in [5.74, 6) is -1.09. The summed E-state index contributed by atoms with van der Waals surface area (Å²) in [6, 6.07) is 12.7. The predicted molar refractivity (Wildman–Crippen MR) is 98.5 cm³/mol. The lowest BCUT2D eigenvalue weighted by Crippen LogP contribution is -2.20. The molecule has 0 saturated heterocycles. The van der Waals surface area contributed by atoms with E-state index in [9.17, 15) is 9.59 Å². The van der Waals surface area contributed by atoms with Gasteiger partial charge < -0.3 is 5.11 Å². The molecule has 0 aliphatic carbocycles. The van der Waals surface area contributed by atoms with Gasteiger partial charge in [0.1, 0.15) is 5.65 Å². The Balaban J connectivity index is 2.19. The smallest absolute Gasteiger partial charge is 0.337 e. The molecule has 2 aromatic heterocycles. The molecular formula is C20H16N2O3. The van der Waals surface area contributed by atoms with Gasteiger partial charge in [0.15, 0.2) is 0 Å². The maximum Gasteiger partial charge on any atom is 0.337 e. The fourth-order valence-corrected chi connectivity index (χ4v) is 2.49. The number of fused-ring (bicyclic) bond motifs is 1. The Morgan fingerprint density at radius 1 is 1.08 bits per heavy atom. The molecule has 0 spiro atoms. The van der Waals surface area contributed by atoms with E-state index in [0.717, 1.165) is 5.56 Å². The average molecular weight is 332 g/mol. The highest BCUT2D eigenvalue weighted by atomic mass is 16.4. The number of benzene rings is 1. The van der Waals surface area contributed by atoms with Crippen LogP contribution in [0.15, 0.2) is 59.5 Å². The minimum atomic E-state index is -1.09. The molecule has 3 rings (SSSR count). The van der Waals surface area contributed by atoms with Gasteiger partial charge >= 0.3 is 5.97 Å². The molecule has 2 heterocycles. The number of hydrogen-bond donors (Lipinski definition) is 1. The van der Waals surface area contributed by atoms with Gasteiger partial charge in [-0.05, 0) is 30.7 Å². The lowest BCUT2D eigenvalue weighted by molar-refractivity contribution is 0.0696. The summed E-state index contributed by atoms with van der Waals surface area (Å²) in [6.07, 6.45) is 8.41. The first-order valence-corrected chi connectivity index (χ1v) is 7.75. The number of aromatic carboxylic acids is 1. The fraction of sp³-hybridized carbons (Fsp3) is 0.0500. The Hall–Kier alpha value is -3.47. The zero-order chi connectivity index (χ0) is 17.8. The second kappa shape index (κ2) is 6.97. The van der Waals surface area contributed by atoms with E-state index < -0.39 is 5.97 Å². The van der Waals surface area contributed by atoms with E-state index in [-0.39, 0.29) is 11.1 Å². The molecule has 0 saturated carbocycles. The number of pyridine rings is 1. The van der Waals surface area contributed by atoms with Crippen molar-refractivity contribution in [3.63, 3.8) is 0 Å². The summed E-state index contributed by atoms with van der Waals surface area (Å²) in [4.78, 5) is 28.4. The first kappa shape index (κ1) is 16.4. The molecule has 0 aliphatic rings. The number of carbonyl (C=O) groups is 1. The first-order chi connectivity index (χ1) is 12.1. The zero-order valence-electron chi connectivity index (χ0n) is 13.6. The van der Waals surface area contributed by atoms with Gasteiger partial charge in [-0.15, -0.1) is 0 Å². The van der Waals surface area contributed by atoms with Crippen molar-refractivity contribution < 1.29 is 9.90 Å². The van der Waals surface area contributed by atoms with E-state index in [4.69, 9.17) is 5.11 Å². The molecule has 0 bridgehead atoms. The number of hydrogen-bond acceptors (Lipinski definition) is 3. The molecule has 0 fully saturated rings. The van der Waals surface area contributed by atoms with Crippen molar-refractivity contribution in [2.24, 2.45) is 0 Å². The summed E-state index contributed by atoms with van der Waals surface area (Å²) in [5, 5.41) is 9.11. The van der Waals surface area contributed by atoms with Crippen molar-refractivity contribution in [3.05, 3.63) is 87.5 Å². The molecule has 124 valence electrons. The SMILES string of the molecule is CC=Cc1c(C=Cc2ccccc2)nc2ccc(C(=O)O)cn2c1=O. The second-order valence-corrected chi connectivity index (χ2v) is 5.41. The summed E-state index contributed by atoms with van der Waals surface area (Å²) in [5.41, 5.74) is 2.08. The van der Waals surface area contributed by atoms with Crippen molar-refractivity contribution in [1.29, 1.82) is 0 Å². The van der Waals surface area contributed by atoms with Crippen LogP contribution >= 0.6 is 0 Å². The Bertz CT molecular complexity index is 1050. The zero-order valence-corrected chi connectivity index (χ0v) is 13.6. The first-order valence-electron chi connectivity index (χ1n) is 7.75. The molecule has 1 N–H and O–H groups in total. The molecule has 5 nitrogen and oxygen atoms in total. The van der Waals surface area contributed by atoms with Crippen LogP contribution in [0.5, 0.6) is 0 Å². The monoisotopic (exact) mass is 332 g/mol. The van der Waals surface area contributed by atoms with Gasteiger partial charge in [0, 0.05) is 6.20 Å². The summed E-state index contributed by atoms with van der Waals surface area (Å²) in [7, 11) is 0. The topological polar surface area (TPSA) is 71.7 Å². The van der Waals surface area contributed by atoms with Crippen molar-refractivity contribution in [3.8, 4) is 0 Å². The molecule has 5 heteroatoms. The minimum absolute atomic E-state index is 0.0374. The largest absolute Gasteiger partial charge is 0.478 e. The Kier molecular flexibility index (Phi) is 4.57. The molecule has 1 aromatic carbocycles. The van der Waals surface area contributed by atoms with Crippen molar-refractivity contribution in [1.82, 2.24) is 9.38 Å². The Morgan fingerprint density at radius 3 is 2.52 bits per heavy atom. The average Bonchev–Trinajstić information content (AvgIpc) is 2.63. The van der Waals surface area contributed by atoms with Gasteiger partial charge in [0.2, 0.25) is 0 Å². The van der Waals surface area contributed by atoms with Crippen LogP contribution in [0.25, 0.3) is 23.9 Å². The minimum Gasteiger partial charge on any atom is -0.478 e. The van der Waals surface area contributed by atoms with E-state index in [2.05, 4.69) is 4.98 Å². The maximum absolute atomic E-state index is 12.8. The lowest BCUT2D eigenvalue weighted by Gasteiger charge is -2.06. The number of nitrogens with zero attached hydrogens (tertiary/aromatic N) is 2. The number of allylic oxidation sites excluding steroid dienone is 1. The quantitative estimate of drug-likeness (QED) is 0.792. The van der Waals surface area contributed by atoms with Gasteiger partial charge in [-0.3, -0.25) is 9.20 Å². The highest BCUT2D eigenvalue weighted by molar-refractivity contribution is 5.87. The van der Waals surface area contributed by atoms with Crippen LogP contribution in [-0.2, 0) is 0 Å². The molecule has 0 unspecified atom stereocenters. The molecule has 0 aliphatic heterocycles. The van der Waals surface area contributed by atoms with Crippen LogP contribution < -0.4 is 5.56 Å². The second-order valence-electron chi connectivity index (χ2n) is 5.41. The molecule has 0 atom stereocenters. The predicted octanol–water partition coefficient (Wildman–Crippen LogP) is 3.60. The standard InChI is InChI=1S/C20H16N2O3/c1-2-6-16-17(11-9-14-7-4-3-5-8-14)21-18-12-10-15(20(24)25)13-22(18)19(16)23/h2-13H,1H3,(H,24,25). The third kappa shape index (κ3) is 3.40. The highest BCUT2D eigenvalue weighted by Gasteiger charge is 2.11. The number of rotatable bonds is 4. The molecule has 0 radical (unpaired) electrons. The van der Waals surface area contributed by atoms with E-state index in [1.165, 1.54) is 22.7 Å². The van der Waals surface area contributed by atoms with Crippen molar-refractivity contribution in [2.45, 2.75) is 6.92 Å². The van der Waals surface area contributed by atoms with Crippen LogP contribution in [0.3, 0.4) is 0 Å². The normalized spacial score (nSPS) is 11.6. The third-order valence-electron chi connectivity index (χ3n) is 3.70. The van der Waals surface area contributed by atoms with Crippen molar-refractivity contribution >= 4 is 29.8 Å². The lowest BCUT2D eigenvalue weighted by atomic mass is 10.1. The molecule has 25 heavy (non-hydrogen) atoms. The van der Waals surface area contributed by atoms with Gasteiger partial charge in [-0.1, -0.05) is 48.6 Å². The summed E-state index contributed by atoms with van der Waals surface area (Å²) in [6.45, 7) is 1.81. The molecule has 0 amide bonds. The van der Waals surface area contributed by atoms with E-state index in [0.29, 0.717) is 16.9 Å². The number of carboxylic acid groups (broad SMARTS) is 1. The van der Waals surface area contributed by atoms with Gasteiger partial charge in [-0.25, -0.2) is 9.78 Å². The van der Waals surface area contributed by atoms with Crippen LogP contribution in [-0.4, -0.2) is 20.5 Å². The number of carboxylic acids is 1. The van der Waals surface area contributed by atoms with Gasteiger partial charge in [0.05, 0.1) is 16.8 Å². The van der Waals surface area contributed by atoms with Crippen LogP contribution in [0, 0.1) is 0 Å². The van der Waals surface area contributed by atoms with Gasteiger partial charge in [-0.2, -0.15) is 0 Å². The van der Waals surface area contributed by atoms with E-state index >= 15 is 0 Å². The van der Waals surface area contributed by atoms with Crippen molar-refractivity contribution in [2.75, 3.05) is 0 Å². The Labute approximate surface area is 144 Å². The fourth-order valence-electron chi connectivity index (χ4n) is 2.49. The molecular weight excluding hydrogens is 316 g/mol. The van der Waals surface area contributed by atoms with Crippen LogP contribution in [0.1, 0.15) is 34.1 Å². The Morgan fingerprint density at radius 2 is 1.84 bits per heavy atom. The van der Waals surface area contributed by atoms with Crippen LogP contribution in [0.4, 0.5) is 0 Å². The number of aromatic nitrogens is 2. The summed E-state index contributed by atoms with van der Waals surface area (Å²) < 4.78 is 1.26. The van der Waals surface area contributed by atoms with E-state index in [1.807, 2.05) is 43.3 Å². The van der Waals surface area contributed by atoms with Crippen LogP contribution in [0.2, 0.25) is 0 Å². The van der Waals surface area contributed by atoms with Gasteiger partial charge in [0.25, 0.3) is 5.56 Å². The molecule has 3 aromatic rings. The van der Waals surface area contributed by atoms with E-state index in [1.54, 1.807) is 18.2 Å². The third-order valence-corrected chi connectivity index (χ3v) is 3.70. The maximum atomic E-state index is 12.8. The highest BCUT2D eigenvalue weighted by Crippen LogP contribution is 2.13. The summed E-state index contributed by atoms with van der Waals surface area (Å²) >= 11 is 0.